The Morgan fingerprint density at radius 3 is 2.71 bits per heavy atom. The van der Waals surface area contributed by atoms with Crippen LogP contribution in [0.2, 0.25) is 0 Å². The predicted molar refractivity (Wildman–Crippen MR) is 70.6 cm³/mol. The number of rotatable bonds is 6. The maximum absolute atomic E-state index is 5.29. The van der Waals surface area contributed by atoms with E-state index in [1.54, 1.807) is 7.11 Å². The van der Waals surface area contributed by atoms with E-state index in [1.165, 1.54) is 24.0 Å². The molecule has 1 aromatic carbocycles. The summed E-state index contributed by atoms with van der Waals surface area (Å²) in [6, 6.07) is 7.52. The molecule has 3 heteroatoms. The van der Waals surface area contributed by atoms with Gasteiger partial charge in [0.2, 0.25) is 0 Å². The molecule has 0 heterocycles. The number of aryl methyl sites for hydroxylation is 1. The van der Waals surface area contributed by atoms with E-state index in [-0.39, 0.29) is 0 Å². The molecule has 0 spiro atoms. The lowest BCUT2D eigenvalue weighted by atomic mass is 10.0. The molecule has 1 saturated carbocycles. The second kappa shape index (κ2) is 5.52. The summed E-state index contributed by atoms with van der Waals surface area (Å²) in [6.45, 7) is 3.08. The fourth-order valence-electron chi connectivity index (χ4n) is 2.08. The van der Waals surface area contributed by atoms with Crippen molar-refractivity contribution in [3.8, 4) is 5.75 Å². The Labute approximate surface area is 104 Å². The van der Waals surface area contributed by atoms with Gasteiger partial charge in [-0.25, -0.2) is 0 Å². The molecule has 1 aromatic rings. The summed E-state index contributed by atoms with van der Waals surface area (Å²) < 4.78 is 5.29. The van der Waals surface area contributed by atoms with Gasteiger partial charge in [0.25, 0.3) is 0 Å². The van der Waals surface area contributed by atoms with Crippen LogP contribution in [0, 0.1) is 6.92 Å². The minimum absolute atomic E-state index is 0.375. The monoisotopic (exact) mass is 234 g/mol. The molecule has 0 aliphatic heterocycles. The van der Waals surface area contributed by atoms with Gasteiger partial charge in [0.15, 0.2) is 0 Å². The van der Waals surface area contributed by atoms with Gasteiger partial charge in [-0.2, -0.15) is 0 Å². The van der Waals surface area contributed by atoms with Crippen molar-refractivity contribution in [3.63, 3.8) is 0 Å². The molecule has 1 atom stereocenters. The summed E-state index contributed by atoms with van der Waals surface area (Å²) in [5.74, 6) is 0.957. The maximum Gasteiger partial charge on any atom is 0.121 e. The minimum atomic E-state index is 0.375. The van der Waals surface area contributed by atoms with Crippen LogP contribution in [0.4, 0.5) is 0 Å². The number of methoxy groups -OCH3 is 1. The van der Waals surface area contributed by atoms with E-state index in [4.69, 9.17) is 4.74 Å². The third-order valence-corrected chi connectivity index (χ3v) is 3.36. The van der Waals surface area contributed by atoms with E-state index >= 15 is 0 Å². The Bertz CT molecular complexity index is 374. The number of ether oxygens (including phenoxy) is 1. The van der Waals surface area contributed by atoms with Crippen molar-refractivity contribution >= 4 is 0 Å². The summed E-state index contributed by atoms with van der Waals surface area (Å²) in [5.41, 5.74) is 2.51. The first-order valence-corrected chi connectivity index (χ1v) is 6.29. The molecule has 0 radical (unpaired) electrons. The molecule has 0 aromatic heterocycles. The van der Waals surface area contributed by atoms with Crippen LogP contribution < -0.4 is 15.4 Å². The van der Waals surface area contributed by atoms with Crippen LogP contribution >= 0.6 is 0 Å². The highest BCUT2D eigenvalue weighted by molar-refractivity contribution is 5.37. The highest BCUT2D eigenvalue weighted by Crippen LogP contribution is 2.23. The summed E-state index contributed by atoms with van der Waals surface area (Å²) in [5, 5.41) is 6.92. The third kappa shape index (κ3) is 3.20. The molecule has 2 N–H and O–H groups in total. The van der Waals surface area contributed by atoms with Gasteiger partial charge in [-0.05, 0) is 44.0 Å². The molecule has 0 amide bonds. The van der Waals surface area contributed by atoms with Gasteiger partial charge < -0.3 is 15.4 Å². The van der Waals surface area contributed by atoms with Crippen LogP contribution in [-0.4, -0.2) is 26.7 Å². The van der Waals surface area contributed by atoms with Gasteiger partial charge in [-0.15, -0.1) is 0 Å². The molecule has 94 valence electrons. The van der Waals surface area contributed by atoms with E-state index in [1.807, 2.05) is 13.1 Å². The van der Waals surface area contributed by atoms with Crippen LogP contribution in [0.3, 0.4) is 0 Å². The second-order valence-electron chi connectivity index (χ2n) is 4.75. The zero-order valence-electron chi connectivity index (χ0n) is 10.9. The van der Waals surface area contributed by atoms with Crippen molar-refractivity contribution in [1.82, 2.24) is 10.6 Å². The predicted octanol–water partition coefficient (Wildman–Crippen LogP) is 2.02. The van der Waals surface area contributed by atoms with Crippen molar-refractivity contribution < 1.29 is 4.74 Å². The van der Waals surface area contributed by atoms with Crippen LogP contribution in [0.1, 0.15) is 30.0 Å². The van der Waals surface area contributed by atoms with Crippen LogP contribution in [-0.2, 0) is 0 Å². The van der Waals surface area contributed by atoms with E-state index in [9.17, 15) is 0 Å². The Kier molecular flexibility index (Phi) is 4.02. The Balaban J connectivity index is 2.03. The molecule has 1 unspecified atom stereocenters. The number of benzene rings is 1. The van der Waals surface area contributed by atoms with E-state index in [0.29, 0.717) is 6.04 Å². The largest absolute Gasteiger partial charge is 0.496 e. The third-order valence-electron chi connectivity index (χ3n) is 3.36. The molecule has 2 rings (SSSR count). The van der Waals surface area contributed by atoms with Gasteiger partial charge >= 0.3 is 0 Å². The summed E-state index contributed by atoms with van der Waals surface area (Å²) in [7, 11) is 3.73. The lowest BCUT2D eigenvalue weighted by molar-refractivity contribution is 0.411. The zero-order valence-corrected chi connectivity index (χ0v) is 10.9. The Morgan fingerprint density at radius 2 is 2.18 bits per heavy atom. The van der Waals surface area contributed by atoms with Crippen LogP contribution in [0.5, 0.6) is 5.75 Å². The van der Waals surface area contributed by atoms with E-state index in [0.717, 1.165) is 18.3 Å². The minimum Gasteiger partial charge on any atom is -0.496 e. The fourth-order valence-corrected chi connectivity index (χ4v) is 2.08. The number of hydrogen-bond donors (Lipinski definition) is 2. The van der Waals surface area contributed by atoms with Crippen molar-refractivity contribution in [2.45, 2.75) is 31.8 Å². The number of nitrogens with one attached hydrogen (secondary N) is 2. The molecule has 17 heavy (non-hydrogen) atoms. The molecule has 1 fully saturated rings. The summed E-state index contributed by atoms with van der Waals surface area (Å²) in [6.07, 6.45) is 2.66. The van der Waals surface area contributed by atoms with Gasteiger partial charge in [-0.1, -0.05) is 12.1 Å². The van der Waals surface area contributed by atoms with Crippen LogP contribution in [0.25, 0.3) is 0 Å². The van der Waals surface area contributed by atoms with Gasteiger partial charge in [0, 0.05) is 18.6 Å². The molecule has 0 bridgehead atoms. The van der Waals surface area contributed by atoms with Crippen molar-refractivity contribution in [2.24, 2.45) is 0 Å². The normalized spacial score (nSPS) is 16.9. The zero-order chi connectivity index (χ0) is 12.3. The lowest BCUT2D eigenvalue weighted by Gasteiger charge is -2.18. The quantitative estimate of drug-likeness (QED) is 0.790. The van der Waals surface area contributed by atoms with Crippen molar-refractivity contribution in [2.75, 3.05) is 20.7 Å². The average Bonchev–Trinajstić information content (AvgIpc) is 3.14. The number of likely N-dealkylation sites (N-methyl/N-ethyl adjacent to an activating group) is 1. The maximum atomic E-state index is 5.29. The molecule has 0 saturated heterocycles. The highest BCUT2D eigenvalue weighted by Gasteiger charge is 2.22. The average molecular weight is 234 g/mol. The molecular weight excluding hydrogens is 212 g/mol. The SMILES string of the molecule is CNC(CNC1CC1)c1ccc(OC)c(C)c1. The second-order valence-corrected chi connectivity index (χ2v) is 4.75. The topological polar surface area (TPSA) is 33.3 Å². The van der Waals surface area contributed by atoms with Gasteiger partial charge in [0.05, 0.1) is 7.11 Å². The van der Waals surface area contributed by atoms with Crippen LogP contribution in [0.15, 0.2) is 18.2 Å². The van der Waals surface area contributed by atoms with Crippen molar-refractivity contribution in [3.05, 3.63) is 29.3 Å². The first-order chi connectivity index (χ1) is 8.24. The standard InChI is InChI=1S/C14H22N2O/c1-10-8-11(4-7-14(10)17-3)13(15-2)9-16-12-5-6-12/h4,7-8,12-13,15-16H,5-6,9H2,1-3H3. The first-order valence-electron chi connectivity index (χ1n) is 6.29. The summed E-state index contributed by atoms with van der Waals surface area (Å²) in [4.78, 5) is 0. The molecular formula is C14H22N2O. The smallest absolute Gasteiger partial charge is 0.121 e. The van der Waals surface area contributed by atoms with Crippen molar-refractivity contribution in [1.29, 1.82) is 0 Å². The highest BCUT2D eigenvalue weighted by atomic mass is 16.5. The van der Waals surface area contributed by atoms with Gasteiger partial charge in [0.1, 0.15) is 5.75 Å². The van der Waals surface area contributed by atoms with Gasteiger partial charge in [-0.3, -0.25) is 0 Å². The molecule has 1 aliphatic carbocycles. The first kappa shape index (κ1) is 12.4. The Morgan fingerprint density at radius 1 is 1.41 bits per heavy atom. The van der Waals surface area contributed by atoms with E-state index in [2.05, 4.69) is 29.7 Å². The fraction of sp³-hybridized carbons (Fsp3) is 0.571. The Hall–Kier alpha value is -1.06. The molecule has 3 nitrogen and oxygen atoms in total. The molecule has 1 aliphatic rings. The lowest BCUT2D eigenvalue weighted by Crippen LogP contribution is -2.30. The van der Waals surface area contributed by atoms with E-state index < -0.39 is 0 Å². The number of hydrogen-bond acceptors (Lipinski definition) is 3. The summed E-state index contributed by atoms with van der Waals surface area (Å²) >= 11 is 0.